The molecule has 0 aliphatic carbocycles. The molecule has 2 aromatic carbocycles. The fourth-order valence-corrected chi connectivity index (χ4v) is 6.20. The van der Waals surface area contributed by atoms with E-state index in [1.807, 2.05) is 24.3 Å². The predicted molar refractivity (Wildman–Crippen MR) is 115 cm³/mol. The summed E-state index contributed by atoms with van der Waals surface area (Å²) in [5.41, 5.74) is 0.971. The van der Waals surface area contributed by atoms with E-state index in [2.05, 4.69) is 10.2 Å². The quantitative estimate of drug-likeness (QED) is 0.684. The van der Waals surface area contributed by atoms with Gasteiger partial charge in [-0.3, -0.25) is 14.9 Å². The highest BCUT2D eigenvalue weighted by atomic mass is 32.2. The molecule has 2 fully saturated rings. The van der Waals surface area contributed by atoms with Crippen LogP contribution in [0.15, 0.2) is 42.5 Å². The van der Waals surface area contributed by atoms with Crippen LogP contribution in [-0.2, 0) is 16.0 Å². The van der Waals surface area contributed by atoms with Crippen LogP contribution < -0.4 is 24.6 Å². The number of nitrogens with zero attached hydrogens (tertiary/aromatic N) is 2. The van der Waals surface area contributed by atoms with Crippen molar-refractivity contribution in [3.05, 3.63) is 48.0 Å². The number of carbonyl (C=O) groups excluding carboxylic acids is 3. The van der Waals surface area contributed by atoms with Gasteiger partial charge in [0, 0.05) is 29.8 Å². The first-order chi connectivity index (χ1) is 15.1. The summed E-state index contributed by atoms with van der Waals surface area (Å²) in [5, 5.41) is 2.47. The van der Waals surface area contributed by atoms with Crippen LogP contribution in [0.3, 0.4) is 0 Å². The Kier molecular flexibility index (Phi) is 3.98. The van der Waals surface area contributed by atoms with Gasteiger partial charge in [-0.2, -0.15) is 11.8 Å². The second-order valence-corrected chi connectivity index (χ2v) is 9.15. The maximum absolute atomic E-state index is 14.0. The van der Waals surface area contributed by atoms with E-state index in [9.17, 15) is 14.4 Å². The number of hydrogen-bond acceptors (Lipinski definition) is 7. The molecule has 8 nitrogen and oxygen atoms in total. The standard InChI is InChI=1S/C22H19N3O5S/c26-19-22(10-13-3-1-2-4-15(13)24-7-8-31-11-18(22)24)20(27)25(21(28)23-19)14-5-6-16-17(9-14)30-12-29-16/h1-6,9,18H,7-8,10-12H2,(H,23,26,28). The smallest absolute Gasteiger partial charge is 0.335 e. The Morgan fingerprint density at radius 3 is 2.81 bits per heavy atom. The molecule has 1 spiro atoms. The Labute approximate surface area is 182 Å². The minimum atomic E-state index is -1.38. The zero-order chi connectivity index (χ0) is 21.2. The number of hydrogen-bond donors (Lipinski definition) is 1. The van der Waals surface area contributed by atoms with Crippen LogP contribution in [0.2, 0.25) is 0 Å². The molecular weight excluding hydrogens is 418 g/mol. The number of imide groups is 2. The topological polar surface area (TPSA) is 88.2 Å². The third kappa shape index (κ3) is 2.52. The Balaban J connectivity index is 1.48. The summed E-state index contributed by atoms with van der Waals surface area (Å²) in [5.74, 6) is 1.56. The van der Waals surface area contributed by atoms with E-state index in [1.165, 1.54) is 0 Å². The van der Waals surface area contributed by atoms with Crippen LogP contribution in [0.25, 0.3) is 0 Å². The Morgan fingerprint density at radius 1 is 1.06 bits per heavy atom. The predicted octanol–water partition coefficient (Wildman–Crippen LogP) is 2.16. The third-order valence-electron chi connectivity index (χ3n) is 6.50. The zero-order valence-electron chi connectivity index (χ0n) is 16.5. The van der Waals surface area contributed by atoms with Crippen molar-refractivity contribution < 1.29 is 23.9 Å². The Morgan fingerprint density at radius 2 is 1.90 bits per heavy atom. The molecule has 1 N–H and O–H groups in total. The van der Waals surface area contributed by atoms with E-state index in [4.69, 9.17) is 9.47 Å². The number of anilines is 2. The second-order valence-electron chi connectivity index (χ2n) is 8.00. The molecular formula is C22H19N3O5S. The molecule has 31 heavy (non-hydrogen) atoms. The molecule has 0 aromatic heterocycles. The van der Waals surface area contributed by atoms with E-state index in [-0.39, 0.29) is 19.3 Å². The fraction of sp³-hybridized carbons (Fsp3) is 0.318. The maximum Gasteiger partial charge on any atom is 0.335 e. The Hall–Kier alpha value is -3.20. The van der Waals surface area contributed by atoms with Crippen LogP contribution >= 0.6 is 11.8 Å². The van der Waals surface area contributed by atoms with Gasteiger partial charge >= 0.3 is 6.03 Å². The molecule has 0 radical (unpaired) electrons. The number of barbiturate groups is 1. The summed E-state index contributed by atoms with van der Waals surface area (Å²) >= 11 is 1.73. The van der Waals surface area contributed by atoms with E-state index in [0.717, 1.165) is 28.4 Å². The summed E-state index contributed by atoms with van der Waals surface area (Å²) in [7, 11) is 0. The minimum absolute atomic E-state index is 0.0897. The van der Waals surface area contributed by atoms with E-state index >= 15 is 0 Å². The van der Waals surface area contributed by atoms with Gasteiger partial charge in [-0.1, -0.05) is 18.2 Å². The minimum Gasteiger partial charge on any atom is -0.454 e. The number of para-hydroxylation sites is 1. The number of amides is 4. The third-order valence-corrected chi connectivity index (χ3v) is 7.52. The van der Waals surface area contributed by atoms with Gasteiger partial charge in [0.2, 0.25) is 12.7 Å². The van der Waals surface area contributed by atoms with Crippen molar-refractivity contribution in [2.75, 3.05) is 34.6 Å². The molecule has 9 heteroatoms. The lowest BCUT2D eigenvalue weighted by Crippen LogP contribution is -2.73. The molecule has 4 heterocycles. The monoisotopic (exact) mass is 437 g/mol. The van der Waals surface area contributed by atoms with Crippen LogP contribution in [0.4, 0.5) is 16.2 Å². The molecule has 4 aliphatic heterocycles. The summed E-state index contributed by atoms with van der Waals surface area (Å²) in [4.78, 5) is 43.5. The molecule has 6 rings (SSSR count). The van der Waals surface area contributed by atoms with Crippen LogP contribution in [0.1, 0.15) is 5.56 Å². The van der Waals surface area contributed by atoms with Crippen molar-refractivity contribution in [2.24, 2.45) is 5.41 Å². The summed E-state index contributed by atoms with van der Waals surface area (Å²) in [6, 6.07) is 11.7. The summed E-state index contributed by atoms with van der Waals surface area (Å²) in [6.07, 6.45) is 0.254. The number of carbonyl (C=O) groups is 3. The second kappa shape index (κ2) is 6.65. The molecule has 0 saturated carbocycles. The largest absolute Gasteiger partial charge is 0.454 e. The van der Waals surface area contributed by atoms with Crippen molar-refractivity contribution in [3.63, 3.8) is 0 Å². The maximum atomic E-state index is 14.0. The molecule has 2 atom stereocenters. The number of ether oxygens (including phenoxy) is 2. The number of benzene rings is 2. The molecule has 158 valence electrons. The van der Waals surface area contributed by atoms with Gasteiger partial charge in [0.05, 0.1) is 11.7 Å². The van der Waals surface area contributed by atoms with Crippen molar-refractivity contribution in [2.45, 2.75) is 12.5 Å². The molecule has 4 aliphatic rings. The van der Waals surface area contributed by atoms with Crippen LogP contribution in [0, 0.1) is 5.41 Å². The molecule has 4 amide bonds. The number of fused-ring (bicyclic) bond motifs is 5. The van der Waals surface area contributed by atoms with E-state index in [0.29, 0.717) is 22.9 Å². The Bertz CT molecular complexity index is 1140. The lowest BCUT2D eigenvalue weighted by molar-refractivity contribution is -0.144. The average Bonchev–Trinajstić information content (AvgIpc) is 3.26. The number of urea groups is 1. The van der Waals surface area contributed by atoms with Gasteiger partial charge < -0.3 is 14.4 Å². The lowest BCUT2D eigenvalue weighted by Gasteiger charge is -2.53. The highest BCUT2D eigenvalue weighted by Gasteiger charge is 2.62. The van der Waals surface area contributed by atoms with Gasteiger partial charge in [-0.25, -0.2) is 9.69 Å². The van der Waals surface area contributed by atoms with Gasteiger partial charge in [0.25, 0.3) is 5.91 Å². The van der Waals surface area contributed by atoms with Crippen molar-refractivity contribution in [1.82, 2.24) is 5.32 Å². The summed E-state index contributed by atoms with van der Waals surface area (Å²) in [6.45, 7) is 0.832. The zero-order valence-corrected chi connectivity index (χ0v) is 17.3. The van der Waals surface area contributed by atoms with Gasteiger partial charge in [-0.05, 0) is 30.2 Å². The van der Waals surface area contributed by atoms with Crippen LogP contribution in [-0.4, -0.2) is 48.7 Å². The van der Waals surface area contributed by atoms with Crippen molar-refractivity contribution in [1.29, 1.82) is 0 Å². The van der Waals surface area contributed by atoms with Crippen LogP contribution in [0.5, 0.6) is 11.5 Å². The first-order valence-corrected chi connectivity index (χ1v) is 11.3. The summed E-state index contributed by atoms with van der Waals surface area (Å²) < 4.78 is 10.8. The van der Waals surface area contributed by atoms with Gasteiger partial charge in [0.15, 0.2) is 16.9 Å². The molecule has 2 unspecified atom stereocenters. The molecule has 2 saturated heterocycles. The molecule has 2 aromatic rings. The SMILES string of the molecule is O=C1NC(=O)C2(Cc3ccccc3N3CCSCC32)C(=O)N1c1ccc2c(c1)OCO2. The van der Waals surface area contributed by atoms with E-state index < -0.39 is 23.3 Å². The first-order valence-electron chi connectivity index (χ1n) is 10.1. The number of thioether (sulfide) groups is 1. The molecule has 0 bridgehead atoms. The first kappa shape index (κ1) is 18.6. The highest BCUT2D eigenvalue weighted by Crippen LogP contribution is 2.47. The van der Waals surface area contributed by atoms with Crippen molar-refractivity contribution in [3.8, 4) is 11.5 Å². The highest BCUT2D eigenvalue weighted by molar-refractivity contribution is 7.99. The average molecular weight is 437 g/mol. The van der Waals surface area contributed by atoms with Gasteiger partial charge in [0.1, 0.15) is 0 Å². The normalized spacial score (nSPS) is 26.6. The van der Waals surface area contributed by atoms with Gasteiger partial charge in [-0.15, -0.1) is 0 Å². The van der Waals surface area contributed by atoms with Crippen molar-refractivity contribution >= 4 is 41.0 Å². The number of nitrogens with one attached hydrogen (secondary N) is 1. The number of rotatable bonds is 1. The fourth-order valence-electron chi connectivity index (χ4n) is 5.02. The lowest BCUT2D eigenvalue weighted by atomic mass is 9.69. The van der Waals surface area contributed by atoms with E-state index in [1.54, 1.807) is 30.0 Å².